The van der Waals surface area contributed by atoms with Crippen LogP contribution in [-0.2, 0) is 15.8 Å². The summed E-state index contributed by atoms with van der Waals surface area (Å²) < 4.78 is 26.7. The van der Waals surface area contributed by atoms with Crippen LogP contribution in [0.5, 0.6) is 0 Å². The lowest BCUT2D eigenvalue weighted by molar-refractivity contribution is 0.362. The van der Waals surface area contributed by atoms with Crippen LogP contribution in [-0.4, -0.2) is 25.3 Å². The number of nitrogens with zero attached hydrogens (tertiary/aromatic N) is 1. The average molecular weight is 281 g/mol. The summed E-state index contributed by atoms with van der Waals surface area (Å²) in [7, 11) is -3.16. The molecule has 1 aromatic carbocycles. The van der Waals surface area contributed by atoms with Crippen molar-refractivity contribution in [2.75, 3.05) is 6.54 Å². The summed E-state index contributed by atoms with van der Waals surface area (Å²) in [5.41, 5.74) is 0.878. The highest BCUT2D eigenvalue weighted by molar-refractivity contribution is 7.88. The maximum absolute atomic E-state index is 12.5. The van der Waals surface area contributed by atoms with Crippen molar-refractivity contribution in [3.63, 3.8) is 0 Å². The van der Waals surface area contributed by atoms with Crippen LogP contribution >= 0.6 is 0 Å². The Hall–Kier alpha value is -0.870. The Morgan fingerprint density at radius 2 is 2.00 bits per heavy atom. The van der Waals surface area contributed by atoms with Crippen molar-refractivity contribution in [3.05, 3.63) is 35.9 Å². The van der Waals surface area contributed by atoms with Crippen molar-refractivity contribution in [3.8, 4) is 0 Å². The Bertz CT molecular complexity index is 484. The van der Waals surface area contributed by atoms with Crippen molar-refractivity contribution in [1.29, 1.82) is 0 Å². The van der Waals surface area contributed by atoms with Crippen LogP contribution in [0.25, 0.3) is 0 Å². The first kappa shape index (κ1) is 14.5. The minimum atomic E-state index is -3.16. The van der Waals surface area contributed by atoms with E-state index in [-0.39, 0.29) is 11.8 Å². The molecule has 0 radical (unpaired) electrons. The third kappa shape index (κ3) is 3.80. The average Bonchev–Trinajstić information content (AvgIpc) is 2.86. The Labute approximate surface area is 116 Å². The van der Waals surface area contributed by atoms with Crippen LogP contribution in [0.3, 0.4) is 0 Å². The molecular formula is C15H23NO2S. The third-order valence-electron chi connectivity index (χ3n) is 3.76. The van der Waals surface area contributed by atoms with Gasteiger partial charge in [0.15, 0.2) is 0 Å². The van der Waals surface area contributed by atoms with E-state index >= 15 is 0 Å². The zero-order valence-electron chi connectivity index (χ0n) is 11.6. The first-order valence-corrected chi connectivity index (χ1v) is 8.78. The molecule has 0 spiro atoms. The molecule has 0 N–H and O–H groups in total. The summed E-state index contributed by atoms with van der Waals surface area (Å²) in [6.45, 7) is 2.85. The molecule has 0 aliphatic carbocycles. The fourth-order valence-corrected chi connectivity index (χ4v) is 4.62. The Balaban J connectivity index is 2.06. The topological polar surface area (TPSA) is 37.4 Å². The van der Waals surface area contributed by atoms with E-state index in [1.165, 1.54) is 0 Å². The first-order chi connectivity index (χ1) is 9.13. The highest BCUT2D eigenvalue weighted by atomic mass is 32.2. The van der Waals surface area contributed by atoms with Gasteiger partial charge in [0.1, 0.15) is 0 Å². The molecule has 2 rings (SSSR count). The van der Waals surface area contributed by atoms with Gasteiger partial charge >= 0.3 is 0 Å². The SMILES string of the molecule is CCCCC1CCCN1S(=O)(=O)Cc1ccccc1. The van der Waals surface area contributed by atoms with E-state index in [1.807, 2.05) is 30.3 Å². The lowest BCUT2D eigenvalue weighted by atomic mass is 10.1. The quantitative estimate of drug-likeness (QED) is 0.803. The van der Waals surface area contributed by atoms with Gasteiger partial charge in [-0.1, -0.05) is 50.1 Å². The summed E-state index contributed by atoms with van der Waals surface area (Å²) in [5, 5.41) is 0. The Morgan fingerprint density at radius 3 is 2.68 bits per heavy atom. The lowest BCUT2D eigenvalue weighted by Gasteiger charge is -2.24. The van der Waals surface area contributed by atoms with Crippen molar-refractivity contribution in [2.45, 2.75) is 50.8 Å². The van der Waals surface area contributed by atoms with E-state index in [0.717, 1.165) is 37.7 Å². The van der Waals surface area contributed by atoms with Crippen LogP contribution in [0.1, 0.15) is 44.6 Å². The molecule has 19 heavy (non-hydrogen) atoms. The molecule has 3 nitrogen and oxygen atoms in total. The lowest BCUT2D eigenvalue weighted by Crippen LogP contribution is -2.36. The zero-order valence-corrected chi connectivity index (χ0v) is 12.4. The summed E-state index contributed by atoms with van der Waals surface area (Å²) >= 11 is 0. The fourth-order valence-electron chi connectivity index (χ4n) is 2.77. The van der Waals surface area contributed by atoms with Crippen LogP contribution < -0.4 is 0 Å². The van der Waals surface area contributed by atoms with Crippen molar-refractivity contribution >= 4 is 10.0 Å². The molecule has 1 fully saturated rings. The van der Waals surface area contributed by atoms with Gasteiger partial charge in [0.05, 0.1) is 5.75 Å². The number of hydrogen-bond donors (Lipinski definition) is 0. The molecular weight excluding hydrogens is 258 g/mol. The second kappa shape index (κ2) is 6.53. The Morgan fingerprint density at radius 1 is 1.26 bits per heavy atom. The molecule has 1 saturated heterocycles. The van der Waals surface area contributed by atoms with Gasteiger partial charge in [0.25, 0.3) is 0 Å². The van der Waals surface area contributed by atoms with Gasteiger partial charge in [-0.25, -0.2) is 8.42 Å². The van der Waals surface area contributed by atoms with Crippen LogP contribution in [0.2, 0.25) is 0 Å². The summed E-state index contributed by atoms with van der Waals surface area (Å²) in [6, 6.07) is 9.69. The smallest absolute Gasteiger partial charge is 0.212 e. The maximum Gasteiger partial charge on any atom is 0.218 e. The fraction of sp³-hybridized carbons (Fsp3) is 0.600. The molecule has 1 atom stereocenters. The highest BCUT2D eigenvalue weighted by Crippen LogP contribution is 2.26. The number of sulfonamides is 1. The van der Waals surface area contributed by atoms with Gasteiger partial charge in [-0.15, -0.1) is 0 Å². The maximum atomic E-state index is 12.5. The molecule has 1 aliphatic rings. The van der Waals surface area contributed by atoms with Gasteiger partial charge in [0, 0.05) is 12.6 Å². The standard InChI is InChI=1S/C15H23NO2S/c1-2-3-10-15-11-7-12-16(15)19(17,18)13-14-8-5-4-6-9-14/h4-6,8-9,15H,2-3,7,10-13H2,1H3. The molecule has 0 saturated carbocycles. The monoisotopic (exact) mass is 281 g/mol. The van der Waals surface area contributed by atoms with Crippen LogP contribution in [0.4, 0.5) is 0 Å². The van der Waals surface area contributed by atoms with E-state index in [0.29, 0.717) is 6.54 Å². The molecule has 1 heterocycles. The number of benzene rings is 1. The van der Waals surface area contributed by atoms with E-state index in [9.17, 15) is 8.42 Å². The molecule has 1 unspecified atom stereocenters. The molecule has 1 aliphatic heterocycles. The minimum Gasteiger partial charge on any atom is -0.212 e. The van der Waals surface area contributed by atoms with Crippen LogP contribution in [0.15, 0.2) is 30.3 Å². The second-order valence-corrected chi connectivity index (χ2v) is 7.21. The number of unbranched alkanes of at least 4 members (excludes halogenated alkanes) is 1. The van der Waals surface area contributed by atoms with E-state index in [2.05, 4.69) is 6.92 Å². The van der Waals surface area contributed by atoms with Crippen molar-refractivity contribution < 1.29 is 8.42 Å². The second-order valence-electron chi connectivity index (χ2n) is 5.29. The predicted molar refractivity (Wildman–Crippen MR) is 78.3 cm³/mol. The Kier molecular flexibility index (Phi) is 4.99. The highest BCUT2D eigenvalue weighted by Gasteiger charge is 2.33. The largest absolute Gasteiger partial charge is 0.218 e. The van der Waals surface area contributed by atoms with E-state index in [4.69, 9.17) is 0 Å². The van der Waals surface area contributed by atoms with Gasteiger partial charge in [-0.2, -0.15) is 4.31 Å². The van der Waals surface area contributed by atoms with Gasteiger partial charge < -0.3 is 0 Å². The number of hydrogen-bond acceptors (Lipinski definition) is 2. The molecule has 106 valence electrons. The molecule has 4 heteroatoms. The normalized spacial score (nSPS) is 20.8. The van der Waals surface area contributed by atoms with E-state index in [1.54, 1.807) is 4.31 Å². The van der Waals surface area contributed by atoms with Gasteiger partial charge in [-0.3, -0.25) is 0 Å². The molecule has 0 bridgehead atoms. The van der Waals surface area contributed by atoms with Gasteiger partial charge in [-0.05, 0) is 24.8 Å². The van der Waals surface area contributed by atoms with Crippen molar-refractivity contribution in [1.82, 2.24) is 4.31 Å². The van der Waals surface area contributed by atoms with Crippen molar-refractivity contribution in [2.24, 2.45) is 0 Å². The predicted octanol–water partition coefficient (Wildman–Crippen LogP) is 3.17. The van der Waals surface area contributed by atoms with E-state index < -0.39 is 10.0 Å². The third-order valence-corrected chi connectivity index (χ3v) is 5.66. The minimum absolute atomic E-state index is 0.135. The molecule has 0 amide bonds. The first-order valence-electron chi connectivity index (χ1n) is 7.17. The van der Waals surface area contributed by atoms with Crippen LogP contribution in [0, 0.1) is 0 Å². The number of rotatable bonds is 6. The molecule has 1 aromatic rings. The zero-order chi connectivity index (χ0) is 13.7. The summed E-state index contributed by atoms with van der Waals surface area (Å²) in [4.78, 5) is 0. The summed E-state index contributed by atoms with van der Waals surface area (Å²) in [6.07, 6.45) is 5.27. The molecule has 0 aromatic heterocycles. The van der Waals surface area contributed by atoms with Gasteiger partial charge in [0.2, 0.25) is 10.0 Å². The summed E-state index contributed by atoms with van der Waals surface area (Å²) in [5.74, 6) is 0.135.